The summed E-state index contributed by atoms with van der Waals surface area (Å²) in [5.41, 5.74) is 2.01. The molecule has 0 heterocycles. The van der Waals surface area contributed by atoms with E-state index in [4.69, 9.17) is 0 Å². The molecule has 0 aliphatic rings. The number of nitrogens with zero attached hydrogens (tertiary/aromatic N) is 1. The number of aliphatic hydroxyl groups excluding tert-OH is 2. The molecule has 0 spiro atoms. The fourth-order valence-electron chi connectivity index (χ4n) is 2.16. The maximum Gasteiger partial charge on any atom is 0.0519 e. The maximum absolute atomic E-state index is 9.30. The van der Waals surface area contributed by atoms with Crippen LogP contribution in [0.15, 0.2) is 35.9 Å². The largest absolute Gasteiger partial charge is 0.396 e. The third-order valence-corrected chi connectivity index (χ3v) is 3.15. The molecule has 0 fully saturated rings. The molecule has 0 aliphatic heterocycles. The Morgan fingerprint density at radius 1 is 1.21 bits per heavy atom. The Bertz CT molecular complexity index is 396. The summed E-state index contributed by atoms with van der Waals surface area (Å²) in [6, 6.07) is 10.2. The van der Waals surface area contributed by atoms with E-state index >= 15 is 0 Å². The number of likely N-dealkylation sites (N-methyl/N-ethyl adjacent to an activating group) is 1. The average molecular weight is 263 g/mol. The van der Waals surface area contributed by atoms with E-state index in [1.54, 1.807) is 0 Å². The number of benzene rings is 1. The fraction of sp³-hybridized carbons (Fsp3) is 0.500. The minimum absolute atomic E-state index is 0.00468. The molecule has 0 aliphatic carbocycles. The van der Waals surface area contributed by atoms with Crippen LogP contribution in [0.2, 0.25) is 0 Å². The van der Waals surface area contributed by atoms with Crippen molar-refractivity contribution in [2.45, 2.75) is 13.8 Å². The van der Waals surface area contributed by atoms with Crippen LogP contribution in [0.4, 0.5) is 0 Å². The lowest BCUT2D eigenvalue weighted by atomic mass is 9.92. The van der Waals surface area contributed by atoms with Crippen LogP contribution in [0.3, 0.4) is 0 Å². The molecule has 0 bridgehead atoms. The smallest absolute Gasteiger partial charge is 0.0519 e. The van der Waals surface area contributed by atoms with Gasteiger partial charge in [0.05, 0.1) is 13.2 Å². The average Bonchev–Trinajstić information content (AvgIpc) is 2.39. The highest BCUT2D eigenvalue weighted by molar-refractivity contribution is 5.52. The van der Waals surface area contributed by atoms with Crippen LogP contribution in [-0.2, 0) is 0 Å². The highest BCUT2D eigenvalue weighted by Gasteiger charge is 2.24. The first-order valence-electron chi connectivity index (χ1n) is 6.61. The molecule has 0 saturated carbocycles. The summed E-state index contributed by atoms with van der Waals surface area (Å²) in [5, 5.41) is 18.6. The van der Waals surface area contributed by atoms with Gasteiger partial charge < -0.3 is 15.1 Å². The summed E-state index contributed by atoms with van der Waals surface area (Å²) in [5.74, 6) is 0. The minimum Gasteiger partial charge on any atom is -0.396 e. The molecular formula is C16H25NO2. The molecule has 1 rings (SSSR count). The van der Waals surface area contributed by atoms with Crippen LogP contribution in [0, 0.1) is 5.41 Å². The van der Waals surface area contributed by atoms with Gasteiger partial charge >= 0.3 is 0 Å². The lowest BCUT2D eigenvalue weighted by Crippen LogP contribution is -2.39. The molecule has 0 aromatic heterocycles. The normalized spacial score (nSPS) is 13.1. The molecule has 1 aromatic carbocycles. The molecular weight excluding hydrogens is 238 g/mol. The van der Waals surface area contributed by atoms with Gasteiger partial charge in [-0.15, -0.1) is 0 Å². The van der Waals surface area contributed by atoms with Crippen molar-refractivity contribution >= 4 is 6.08 Å². The maximum atomic E-state index is 9.30. The Balaban J connectivity index is 2.57. The Hall–Kier alpha value is -1.16. The van der Waals surface area contributed by atoms with Crippen molar-refractivity contribution in [3.8, 4) is 0 Å². The molecule has 0 atom stereocenters. The highest BCUT2D eigenvalue weighted by atomic mass is 16.3. The summed E-state index contributed by atoms with van der Waals surface area (Å²) in [6.45, 7) is 5.47. The predicted octanol–water partition coefficient (Wildman–Crippen LogP) is 2.01. The van der Waals surface area contributed by atoms with Crippen molar-refractivity contribution < 1.29 is 10.2 Å². The second kappa shape index (κ2) is 7.43. The number of aliphatic hydroxyl groups is 2. The molecule has 0 saturated heterocycles. The summed E-state index contributed by atoms with van der Waals surface area (Å²) in [6.07, 6.45) is 2.16. The molecule has 2 N–H and O–H groups in total. The topological polar surface area (TPSA) is 43.7 Å². The van der Waals surface area contributed by atoms with Crippen LogP contribution >= 0.6 is 0 Å². The van der Waals surface area contributed by atoms with Crippen LogP contribution in [0.1, 0.15) is 19.4 Å². The predicted molar refractivity (Wildman–Crippen MR) is 79.9 cm³/mol. The van der Waals surface area contributed by atoms with Gasteiger partial charge in [-0.05, 0) is 19.5 Å². The molecule has 19 heavy (non-hydrogen) atoms. The minimum atomic E-state index is -0.443. The van der Waals surface area contributed by atoms with Crippen LogP contribution in [-0.4, -0.2) is 48.5 Å². The second-order valence-electron chi connectivity index (χ2n) is 5.70. The first-order valence-corrected chi connectivity index (χ1v) is 6.61. The highest BCUT2D eigenvalue weighted by Crippen LogP contribution is 2.16. The summed E-state index contributed by atoms with van der Waals surface area (Å²) >= 11 is 0. The van der Waals surface area contributed by atoms with Crippen LogP contribution < -0.4 is 0 Å². The van der Waals surface area contributed by atoms with E-state index in [2.05, 4.69) is 30.0 Å². The Labute approximate surface area is 116 Å². The van der Waals surface area contributed by atoms with E-state index in [1.807, 2.05) is 32.2 Å². The summed E-state index contributed by atoms with van der Waals surface area (Å²) in [4.78, 5) is 2.13. The van der Waals surface area contributed by atoms with Crippen molar-refractivity contribution in [3.63, 3.8) is 0 Å². The lowest BCUT2D eigenvalue weighted by Gasteiger charge is -2.30. The standard InChI is InChI=1S/C16H25NO2/c1-14(9-15-7-5-4-6-8-15)10-17(3)11-16(2,12-18)13-19/h4-9,18-19H,10-13H2,1-3H3/b14-9+. The van der Waals surface area contributed by atoms with Crippen molar-refractivity contribution in [3.05, 3.63) is 41.5 Å². The van der Waals surface area contributed by atoms with Crippen LogP contribution in [0.5, 0.6) is 0 Å². The molecule has 0 unspecified atom stereocenters. The van der Waals surface area contributed by atoms with Gasteiger partial charge in [-0.25, -0.2) is 0 Å². The summed E-state index contributed by atoms with van der Waals surface area (Å²) in [7, 11) is 2.01. The quantitative estimate of drug-likeness (QED) is 0.791. The van der Waals surface area contributed by atoms with Crippen molar-refractivity contribution in [2.75, 3.05) is 33.4 Å². The van der Waals surface area contributed by atoms with E-state index < -0.39 is 5.41 Å². The third kappa shape index (κ3) is 5.55. The van der Waals surface area contributed by atoms with E-state index in [1.165, 1.54) is 11.1 Å². The number of hydrogen-bond donors (Lipinski definition) is 2. The molecule has 106 valence electrons. The van der Waals surface area contributed by atoms with Gasteiger partial charge in [-0.2, -0.15) is 0 Å². The van der Waals surface area contributed by atoms with Gasteiger partial charge in [0.15, 0.2) is 0 Å². The Morgan fingerprint density at radius 2 is 1.79 bits per heavy atom. The van der Waals surface area contributed by atoms with E-state index in [-0.39, 0.29) is 13.2 Å². The van der Waals surface area contributed by atoms with Gasteiger partial charge in [0.25, 0.3) is 0 Å². The monoisotopic (exact) mass is 263 g/mol. The van der Waals surface area contributed by atoms with Gasteiger partial charge in [0, 0.05) is 18.5 Å². The lowest BCUT2D eigenvalue weighted by molar-refractivity contribution is 0.0442. The zero-order valence-corrected chi connectivity index (χ0v) is 12.1. The molecule has 3 heteroatoms. The fourth-order valence-corrected chi connectivity index (χ4v) is 2.16. The van der Waals surface area contributed by atoms with E-state index in [9.17, 15) is 10.2 Å². The van der Waals surface area contributed by atoms with Gasteiger partial charge in [0.2, 0.25) is 0 Å². The number of rotatable bonds is 7. The van der Waals surface area contributed by atoms with Crippen molar-refractivity contribution in [1.29, 1.82) is 0 Å². The van der Waals surface area contributed by atoms with E-state index in [0.29, 0.717) is 6.54 Å². The number of hydrogen-bond acceptors (Lipinski definition) is 3. The SMILES string of the molecule is C/C(=C\c1ccccc1)CN(C)CC(C)(CO)CO. The van der Waals surface area contributed by atoms with Gasteiger partial charge in [-0.1, -0.05) is 48.9 Å². The Kier molecular flexibility index (Phi) is 6.22. The summed E-state index contributed by atoms with van der Waals surface area (Å²) < 4.78 is 0. The first kappa shape index (κ1) is 15.9. The molecule has 1 aromatic rings. The van der Waals surface area contributed by atoms with Gasteiger partial charge in [0.1, 0.15) is 0 Å². The third-order valence-electron chi connectivity index (χ3n) is 3.15. The zero-order chi connectivity index (χ0) is 14.3. The van der Waals surface area contributed by atoms with Crippen molar-refractivity contribution in [2.24, 2.45) is 5.41 Å². The van der Waals surface area contributed by atoms with Crippen LogP contribution in [0.25, 0.3) is 6.08 Å². The zero-order valence-electron chi connectivity index (χ0n) is 12.1. The first-order chi connectivity index (χ1) is 8.99. The Morgan fingerprint density at radius 3 is 2.32 bits per heavy atom. The molecule has 0 radical (unpaired) electrons. The molecule has 3 nitrogen and oxygen atoms in total. The molecule has 0 amide bonds. The van der Waals surface area contributed by atoms with E-state index in [0.717, 1.165) is 6.54 Å². The van der Waals surface area contributed by atoms with Gasteiger partial charge in [-0.3, -0.25) is 0 Å². The van der Waals surface area contributed by atoms with Crippen molar-refractivity contribution in [1.82, 2.24) is 4.90 Å². The second-order valence-corrected chi connectivity index (χ2v) is 5.70.